The van der Waals surface area contributed by atoms with Gasteiger partial charge in [-0.05, 0) is 19.5 Å². The maximum atomic E-state index is 11.4. The second-order valence-electron chi connectivity index (χ2n) is 4.05. The van der Waals surface area contributed by atoms with Crippen LogP contribution in [0.5, 0.6) is 0 Å². The lowest BCUT2D eigenvalue weighted by Gasteiger charge is -2.16. The van der Waals surface area contributed by atoms with Crippen molar-refractivity contribution in [3.05, 3.63) is 0 Å². The van der Waals surface area contributed by atoms with E-state index in [-0.39, 0.29) is 25.2 Å². The van der Waals surface area contributed by atoms with Crippen molar-refractivity contribution in [1.82, 2.24) is 4.90 Å². The Balaban J connectivity index is 3.75. The Kier molecular flexibility index (Phi) is 9.70. The summed E-state index contributed by atoms with van der Waals surface area (Å²) in [6.07, 6.45) is 0.727. The first-order valence-corrected chi connectivity index (χ1v) is 6.56. The SMILES string of the molecule is CCN(CC)CCC(=O)OC(=O)CCCC(=O)OC. The number of ether oxygens (including phenoxy) is 2. The molecule has 0 aliphatic carbocycles. The van der Waals surface area contributed by atoms with Crippen LogP contribution < -0.4 is 0 Å². The maximum Gasteiger partial charge on any atom is 0.314 e. The fraction of sp³-hybridized carbons (Fsp3) is 0.769. The van der Waals surface area contributed by atoms with E-state index in [2.05, 4.69) is 14.4 Å². The van der Waals surface area contributed by atoms with Gasteiger partial charge in [0.2, 0.25) is 0 Å². The monoisotopic (exact) mass is 273 g/mol. The molecule has 6 nitrogen and oxygen atoms in total. The molecule has 0 amide bonds. The number of carbonyl (C=O) groups excluding carboxylic acids is 3. The van der Waals surface area contributed by atoms with E-state index in [0.29, 0.717) is 13.0 Å². The molecule has 0 heterocycles. The van der Waals surface area contributed by atoms with E-state index in [9.17, 15) is 14.4 Å². The third kappa shape index (κ3) is 9.18. The van der Waals surface area contributed by atoms with Gasteiger partial charge in [0.15, 0.2) is 0 Å². The molecule has 0 radical (unpaired) electrons. The van der Waals surface area contributed by atoms with Gasteiger partial charge in [0.25, 0.3) is 0 Å². The van der Waals surface area contributed by atoms with Crippen molar-refractivity contribution in [2.24, 2.45) is 0 Å². The third-order valence-electron chi connectivity index (χ3n) is 2.74. The number of rotatable bonds is 9. The van der Waals surface area contributed by atoms with Crippen LogP contribution in [0.4, 0.5) is 0 Å². The topological polar surface area (TPSA) is 72.9 Å². The quantitative estimate of drug-likeness (QED) is 0.463. The third-order valence-corrected chi connectivity index (χ3v) is 2.74. The Bertz CT molecular complexity index is 299. The Labute approximate surface area is 114 Å². The van der Waals surface area contributed by atoms with E-state index in [4.69, 9.17) is 0 Å². The zero-order valence-corrected chi connectivity index (χ0v) is 11.9. The van der Waals surface area contributed by atoms with Crippen LogP contribution in [0.1, 0.15) is 39.5 Å². The van der Waals surface area contributed by atoms with Gasteiger partial charge in [0, 0.05) is 19.4 Å². The van der Waals surface area contributed by atoms with Gasteiger partial charge in [-0.3, -0.25) is 14.4 Å². The first kappa shape index (κ1) is 17.6. The molecule has 110 valence electrons. The molecule has 0 unspecified atom stereocenters. The summed E-state index contributed by atoms with van der Waals surface area (Å²) in [5, 5.41) is 0. The summed E-state index contributed by atoms with van der Waals surface area (Å²) < 4.78 is 9.09. The van der Waals surface area contributed by atoms with Gasteiger partial charge in [-0.1, -0.05) is 13.8 Å². The number of carbonyl (C=O) groups is 3. The smallest absolute Gasteiger partial charge is 0.314 e. The van der Waals surface area contributed by atoms with Crippen LogP contribution in [-0.2, 0) is 23.9 Å². The van der Waals surface area contributed by atoms with E-state index in [1.54, 1.807) is 0 Å². The summed E-state index contributed by atoms with van der Waals surface area (Å²) in [5.74, 6) is -1.48. The second kappa shape index (κ2) is 10.5. The van der Waals surface area contributed by atoms with E-state index in [1.165, 1.54) is 7.11 Å². The van der Waals surface area contributed by atoms with E-state index < -0.39 is 11.9 Å². The molecule has 0 bridgehead atoms. The minimum atomic E-state index is -0.589. The summed E-state index contributed by atoms with van der Waals surface area (Å²) in [6, 6.07) is 0. The number of nitrogens with zero attached hydrogens (tertiary/aromatic N) is 1. The van der Waals surface area contributed by atoms with Crippen LogP contribution in [0, 0.1) is 0 Å². The number of hydrogen-bond acceptors (Lipinski definition) is 6. The summed E-state index contributed by atoms with van der Waals surface area (Å²) in [7, 11) is 1.29. The van der Waals surface area contributed by atoms with Gasteiger partial charge in [-0.2, -0.15) is 0 Å². The van der Waals surface area contributed by atoms with Gasteiger partial charge in [0.05, 0.1) is 13.5 Å². The van der Waals surface area contributed by atoms with Gasteiger partial charge >= 0.3 is 17.9 Å². The van der Waals surface area contributed by atoms with Crippen LogP contribution in [0.25, 0.3) is 0 Å². The molecule has 0 aromatic carbocycles. The fourth-order valence-corrected chi connectivity index (χ4v) is 1.50. The van der Waals surface area contributed by atoms with Crippen LogP contribution in [-0.4, -0.2) is 49.6 Å². The molecule has 0 aromatic heterocycles. The molecule has 0 aliphatic heterocycles. The second-order valence-corrected chi connectivity index (χ2v) is 4.05. The normalized spacial score (nSPS) is 10.3. The predicted molar refractivity (Wildman–Crippen MR) is 69.4 cm³/mol. The zero-order chi connectivity index (χ0) is 14.7. The molecule has 0 aliphatic rings. The van der Waals surface area contributed by atoms with Crippen molar-refractivity contribution >= 4 is 17.9 Å². The lowest BCUT2D eigenvalue weighted by Crippen LogP contribution is -2.26. The highest BCUT2D eigenvalue weighted by Crippen LogP contribution is 2.01. The average molecular weight is 273 g/mol. The molecular weight excluding hydrogens is 250 g/mol. The van der Waals surface area contributed by atoms with E-state index in [0.717, 1.165) is 13.1 Å². The van der Waals surface area contributed by atoms with Crippen molar-refractivity contribution in [1.29, 1.82) is 0 Å². The molecule has 6 heteroatoms. The largest absolute Gasteiger partial charge is 0.469 e. The lowest BCUT2D eigenvalue weighted by atomic mass is 10.2. The maximum absolute atomic E-state index is 11.4. The molecule has 0 spiro atoms. The first-order valence-electron chi connectivity index (χ1n) is 6.56. The Morgan fingerprint density at radius 2 is 1.42 bits per heavy atom. The number of hydrogen-bond donors (Lipinski definition) is 0. The molecular formula is C13H23NO5. The van der Waals surface area contributed by atoms with Crippen LogP contribution in [0.15, 0.2) is 0 Å². The predicted octanol–water partition coefficient (Wildman–Crippen LogP) is 1.13. The average Bonchev–Trinajstić information content (AvgIpc) is 2.39. The van der Waals surface area contributed by atoms with E-state index >= 15 is 0 Å². The van der Waals surface area contributed by atoms with Crippen molar-refractivity contribution in [2.45, 2.75) is 39.5 Å². The lowest BCUT2D eigenvalue weighted by molar-refractivity contribution is -0.159. The molecule has 0 saturated heterocycles. The standard InChI is InChI=1S/C13H23NO5/c1-4-14(5-2)10-9-13(17)19-12(16)8-6-7-11(15)18-3/h4-10H2,1-3H3. The Morgan fingerprint density at radius 1 is 0.895 bits per heavy atom. The highest BCUT2D eigenvalue weighted by molar-refractivity contribution is 5.85. The molecule has 0 rings (SSSR count). The minimum Gasteiger partial charge on any atom is -0.469 e. The summed E-state index contributed by atoms with van der Waals surface area (Å²) in [4.78, 5) is 35.6. The Hall–Kier alpha value is -1.43. The van der Waals surface area contributed by atoms with Crippen molar-refractivity contribution in [2.75, 3.05) is 26.7 Å². The van der Waals surface area contributed by atoms with Gasteiger partial charge in [-0.25, -0.2) is 0 Å². The Morgan fingerprint density at radius 3 is 1.95 bits per heavy atom. The van der Waals surface area contributed by atoms with Crippen LogP contribution in [0.3, 0.4) is 0 Å². The zero-order valence-electron chi connectivity index (χ0n) is 11.9. The first-order chi connectivity index (χ1) is 9.03. The van der Waals surface area contributed by atoms with Gasteiger partial charge in [-0.15, -0.1) is 0 Å². The number of esters is 3. The van der Waals surface area contributed by atoms with E-state index in [1.807, 2.05) is 13.8 Å². The minimum absolute atomic E-state index is 0.0477. The molecule has 0 atom stereocenters. The van der Waals surface area contributed by atoms with Gasteiger partial charge < -0.3 is 14.4 Å². The van der Waals surface area contributed by atoms with Crippen molar-refractivity contribution < 1.29 is 23.9 Å². The molecule has 0 aromatic rings. The number of methoxy groups -OCH3 is 1. The molecule has 0 fully saturated rings. The summed E-state index contributed by atoms with van der Waals surface area (Å²) in [6.45, 7) is 6.31. The molecule has 0 saturated carbocycles. The van der Waals surface area contributed by atoms with Crippen molar-refractivity contribution in [3.63, 3.8) is 0 Å². The summed E-state index contributed by atoms with van der Waals surface area (Å²) in [5.41, 5.74) is 0. The highest BCUT2D eigenvalue weighted by Gasteiger charge is 2.12. The van der Waals surface area contributed by atoms with Crippen LogP contribution in [0.2, 0.25) is 0 Å². The van der Waals surface area contributed by atoms with Crippen molar-refractivity contribution in [3.8, 4) is 0 Å². The highest BCUT2D eigenvalue weighted by atomic mass is 16.6. The summed E-state index contributed by atoms with van der Waals surface area (Å²) >= 11 is 0. The van der Waals surface area contributed by atoms with Gasteiger partial charge in [0.1, 0.15) is 0 Å². The fourth-order valence-electron chi connectivity index (χ4n) is 1.50. The molecule has 0 N–H and O–H groups in total. The van der Waals surface area contributed by atoms with Crippen LogP contribution >= 0.6 is 0 Å². The molecule has 19 heavy (non-hydrogen) atoms.